The highest BCUT2D eigenvalue weighted by molar-refractivity contribution is 5.93. The van der Waals surface area contributed by atoms with Crippen molar-refractivity contribution < 1.29 is 19.1 Å². The highest BCUT2D eigenvalue weighted by atomic mass is 19.1. The van der Waals surface area contributed by atoms with Gasteiger partial charge in [-0.25, -0.2) is 14.0 Å². The maximum atomic E-state index is 13.2. The van der Waals surface area contributed by atoms with Gasteiger partial charge in [-0.15, -0.1) is 0 Å². The summed E-state index contributed by atoms with van der Waals surface area (Å²) >= 11 is 0. The molecule has 1 unspecified atom stereocenters. The Morgan fingerprint density at radius 3 is 2.70 bits per heavy atom. The van der Waals surface area contributed by atoms with E-state index >= 15 is 0 Å². The van der Waals surface area contributed by atoms with Gasteiger partial charge in [0.05, 0.1) is 5.56 Å². The quantitative estimate of drug-likeness (QED) is 0.749. The lowest BCUT2D eigenvalue weighted by molar-refractivity contribution is 0.0692. The molecule has 20 heavy (non-hydrogen) atoms. The first-order chi connectivity index (χ1) is 9.43. The van der Waals surface area contributed by atoms with Crippen LogP contribution in [-0.2, 0) is 0 Å². The third-order valence-electron chi connectivity index (χ3n) is 2.82. The van der Waals surface area contributed by atoms with Crippen molar-refractivity contribution >= 4 is 17.7 Å². The Bertz CT molecular complexity index is 491. The summed E-state index contributed by atoms with van der Waals surface area (Å²) in [5.74, 6) is -2.21. The highest BCUT2D eigenvalue weighted by Crippen LogP contribution is 2.14. The fourth-order valence-corrected chi connectivity index (χ4v) is 1.74. The van der Waals surface area contributed by atoms with Crippen molar-refractivity contribution in [2.75, 3.05) is 5.32 Å². The number of nitrogens with one attached hydrogen (secondary N) is 2. The number of carboxylic acid groups (broad SMARTS) is 1. The van der Waals surface area contributed by atoms with E-state index in [0.29, 0.717) is 0 Å². The van der Waals surface area contributed by atoms with E-state index in [4.69, 9.17) is 5.11 Å². The number of carboxylic acids is 1. The zero-order valence-electron chi connectivity index (χ0n) is 11.6. The number of amides is 2. The summed E-state index contributed by atoms with van der Waals surface area (Å²) < 4.78 is 13.2. The van der Waals surface area contributed by atoms with E-state index in [1.54, 1.807) is 0 Å². The molecule has 0 fully saturated rings. The normalized spacial score (nSPS) is 11.8. The Kier molecular flexibility index (Phi) is 5.96. The number of anilines is 1. The van der Waals surface area contributed by atoms with E-state index in [1.165, 1.54) is 6.07 Å². The lowest BCUT2D eigenvalue weighted by Crippen LogP contribution is -2.36. The molecule has 6 heteroatoms. The molecule has 1 aromatic rings. The summed E-state index contributed by atoms with van der Waals surface area (Å²) in [6.07, 6.45) is 2.93. The minimum atomic E-state index is -1.37. The van der Waals surface area contributed by atoms with Crippen LogP contribution in [0.15, 0.2) is 18.2 Å². The van der Waals surface area contributed by atoms with Crippen LogP contribution >= 0.6 is 0 Å². The second kappa shape index (κ2) is 7.47. The van der Waals surface area contributed by atoms with Crippen molar-refractivity contribution in [2.24, 2.45) is 0 Å². The zero-order valence-corrected chi connectivity index (χ0v) is 11.6. The Balaban J connectivity index is 2.62. The first kappa shape index (κ1) is 15.9. The molecule has 0 spiro atoms. The molecule has 0 bridgehead atoms. The van der Waals surface area contributed by atoms with Crippen LogP contribution in [0.1, 0.15) is 43.5 Å². The maximum absolute atomic E-state index is 13.2. The second-order valence-electron chi connectivity index (χ2n) is 4.64. The molecule has 0 radical (unpaired) electrons. The number of halogens is 1. The summed E-state index contributed by atoms with van der Waals surface area (Å²) in [7, 11) is 0. The number of hydrogen-bond acceptors (Lipinski definition) is 2. The molecule has 0 aliphatic rings. The van der Waals surface area contributed by atoms with E-state index in [1.807, 2.05) is 6.92 Å². The van der Waals surface area contributed by atoms with E-state index in [-0.39, 0.29) is 11.7 Å². The molecule has 3 N–H and O–H groups in total. The SMILES string of the molecule is CCCCC(C)NC(=O)Nc1ccc(F)c(C(=O)O)c1. The fourth-order valence-electron chi connectivity index (χ4n) is 1.74. The van der Waals surface area contributed by atoms with Gasteiger partial charge in [-0.2, -0.15) is 0 Å². The standard InChI is InChI=1S/C14H19FN2O3/c1-3-4-5-9(2)16-14(20)17-10-6-7-12(15)11(8-10)13(18)19/h6-9H,3-5H2,1-2H3,(H,18,19)(H2,16,17,20). The Hall–Kier alpha value is -2.11. The predicted molar refractivity (Wildman–Crippen MR) is 74.5 cm³/mol. The maximum Gasteiger partial charge on any atom is 0.338 e. The summed E-state index contributed by atoms with van der Waals surface area (Å²) in [5.41, 5.74) is -0.231. The number of carbonyl (C=O) groups excluding carboxylic acids is 1. The van der Waals surface area contributed by atoms with Crippen molar-refractivity contribution in [3.63, 3.8) is 0 Å². The number of rotatable bonds is 6. The number of benzene rings is 1. The third kappa shape index (κ3) is 4.87. The van der Waals surface area contributed by atoms with Gasteiger partial charge in [0, 0.05) is 11.7 Å². The first-order valence-electron chi connectivity index (χ1n) is 6.54. The number of urea groups is 1. The molecule has 0 aromatic heterocycles. The molecular formula is C14H19FN2O3. The number of carbonyl (C=O) groups is 2. The van der Waals surface area contributed by atoms with E-state index < -0.39 is 23.4 Å². The molecule has 0 aliphatic heterocycles. The van der Waals surface area contributed by atoms with Crippen molar-refractivity contribution in [1.82, 2.24) is 5.32 Å². The van der Waals surface area contributed by atoms with Crippen LogP contribution in [0, 0.1) is 5.82 Å². The van der Waals surface area contributed by atoms with Gasteiger partial charge in [-0.3, -0.25) is 0 Å². The first-order valence-corrected chi connectivity index (χ1v) is 6.54. The minimum Gasteiger partial charge on any atom is -0.478 e. The molecule has 5 nitrogen and oxygen atoms in total. The van der Waals surface area contributed by atoms with Crippen LogP contribution < -0.4 is 10.6 Å². The van der Waals surface area contributed by atoms with Crippen molar-refractivity contribution in [3.05, 3.63) is 29.6 Å². The fraction of sp³-hybridized carbons (Fsp3) is 0.429. The van der Waals surface area contributed by atoms with Crippen LogP contribution in [0.3, 0.4) is 0 Å². The molecule has 0 heterocycles. The average Bonchev–Trinajstić information content (AvgIpc) is 2.38. The zero-order chi connectivity index (χ0) is 15.1. The van der Waals surface area contributed by atoms with Crippen LogP contribution in [0.5, 0.6) is 0 Å². The van der Waals surface area contributed by atoms with E-state index in [2.05, 4.69) is 17.6 Å². The van der Waals surface area contributed by atoms with Crippen LogP contribution in [0.2, 0.25) is 0 Å². The molecule has 110 valence electrons. The largest absolute Gasteiger partial charge is 0.478 e. The summed E-state index contributed by atoms with van der Waals surface area (Å²) in [5, 5.41) is 14.0. The van der Waals surface area contributed by atoms with E-state index in [0.717, 1.165) is 31.4 Å². The Morgan fingerprint density at radius 1 is 1.40 bits per heavy atom. The summed E-state index contributed by atoms with van der Waals surface area (Å²) in [4.78, 5) is 22.5. The van der Waals surface area contributed by atoms with Gasteiger partial charge in [-0.05, 0) is 31.5 Å². The van der Waals surface area contributed by atoms with Gasteiger partial charge in [0.2, 0.25) is 0 Å². The predicted octanol–water partition coefficient (Wildman–Crippen LogP) is 3.22. The lowest BCUT2D eigenvalue weighted by atomic mass is 10.1. The number of unbranched alkanes of at least 4 members (excludes halogenated alkanes) is 1. The molecule has 2 amide bonds. The average molecular weight is 282 g/mol. The highest BCUT2D eigenvalue weighted by Gasteiger charge is 2.12. The number of aromatic carboxylic acids is 1. The summed E-state index contributed by atoms with van der Waals surface area (Å²) in [6.45, 7) is 3.96. The topological polar surface area (TPSA) is 78.4 Å². The molecule has 0 aliphatic carbocycles. The molecule has 0 saturated heterocycles. The van der Waals surface area contributed by atoms with Gasteiger partial charge in [0.25, 0.3) is 0 Å². The van der Waals surface area contributed by atoms with E-state index in [9.17, 15) is 14.0 Å². The molecule has 0 saturated carbocycles. The number of hydrogen-bond donors (Lipinski definition) is 3. The molecule has 1 atom stereocenters. The summed E-state index contributed by atoms with van der Waals surface area (Å²) in [6, 6.07) is 3.01. The van der Waals surface area contributed by atoms with Gasteiger partial charge < -0.3 is 15.7 Å². The van der Waals surface area contributed by atoms with Gasteiger partial charge in [0.1, 0.15) is 5.82 Å². The van der Waals surface area contributed by atoms with Crippen molar-refractivity contribution in [3.8, 4) is 0 Å². The third-order valence-corrected chi connectivity index (χ3v) is 2.82. The Morgan fingerprint density at radius 2 is 2.10 bits per heavy atom. The Labute approximate surface area is 117 Å². The van der Waals surface area contributed by atoms with Gasteiger partial charge in [0.15, 0.2) is 0 Å². The molecule has 1 aromatic carbocycles. The van der Waals surface area contributed by atoms with Gasteiger partial charge in [-0.1, -0.05) is 19.8 Å². The van der Waals surface area contributed by atoms with Crippen LogP contribution in [0.25, 0.3) is 0 Å². The van der Waals surface area contributed by atoms with Crippen LogP contribution in [-0.4, -0.2) is 23.1 Å². The minimum absolute atomic E-state index is 0.0225. The molecular weight excluding hydrogens is 263 g/mol. The smallest absolute Gasteiger partial charge is 0.338 e. The van der Waals surface area contributed by atoms with Crippen molar-refractivity contribution in [2.45, 2.75) is 39.2 Å². The van der Waals surface area contributed by atoms with Crippen molar-refractivity contribution in [1.29, 1.82) is 0 Å². The lowest BCUT2D eigenvalue weighted by Gasteiger charge is -2.14. The second-order valence-corrected chi connectivity index (χ2v) is 4.64. The monoisotopic (exact) mass is 282 g/mol. The molecule has 1 rings (SSSR count). The van der Waals surface area contributed by atoms with Crippen LogP contribution in [0.4, 0.5) is 14.9 Å². The van der Waals surface area contributed by atoms with Gasteiger partial charge >= 0.3 is 12.0 Å².